The van der Waals surface area contributed by atoms with E-state index in [4.69, 9.17) is 0 Å². The lowest BCUT2D eigenvalue weighted by molar-refractivity contribution is 0.0295. The molecule has 122 valence electrons. The van der Waals surface area contributed by atoms with Crippen LogP contribution in [0.1, 0.15) is 30.6 Å². The summed E-state index contributed by atoms with van der Waals surface area (Å²) in [4.78, 5) is 19.4. The van der Waals surface area contributed by atoms with Crippen molar-refractivity contribution in [3.05, 3.63) is 35.9 Å². The van der Waals surface area contributed by atoms with E-state index >= 15 is 0 Å². The monoisotopic (exact) mass is 303 g/mol. The first-order chi connectivity index (χ1) is 10.5. The molecule has 1 fully saturated rings. The van der Waals surface area contributed by atoms with E-state index < -0.39 is 0 Å². The van der Waals surface area contributed by atoms with E-state index in [0.717, 1.165) is 31.7 Å². The molecule has 1 heterocycles. The molecule has 2 atom stereocenters. The third kappa shape index (κ3) is 4.31. The Bertz CT molecular complexity index is 462. The predicted molar refractivity (Wildman–Crippen MR) is 91.1 cm³/mol. The molecule has 1 aliphatic heterocycles. The van der Waals surface area contributed by atoms with Gasteiger partial charge in [0.05, 0.1) is 0 Å². The molecule has 2 unspecified atom stereocenters. The second kappa shape index (κ2) is 7.75. The highest BCUT2D eigenvalue weighted by Gasteiger charge is 2.31. The second-order valence-electron chi connectivity index (χ2n) is 6.67. The molecule has 1 aromatic carbocycles. The summed E-state index contributed by atoms with van der Waals surface area (Å²) in [5.41, 5.74) is 0.794. The van der Waals surface area contributed by atoms with E-state index in [0.29, 0.717) is 12.1 Å². The summed E-state index contributed by atoms with van der Waals surface area (Å²) in [5, 5.41) is 0. The maximum atomic E-state index is 12.6. The van der Waals surface area contributed by atoms with Gasteiger partial charge in [0.15, 0.2) is 0 Å². The SMILES string of the molecule is CC1CN(C(=O)c2ccccc2)CC(C)N1CCCN(C)C. The summed E-state index contributed by atoms with van der Waals surface area (Å²) >= 11 is 0. The number of carbonyl (C=O) groups excluding carboxylic acids is 1. The molecule has 0 radical (unpaired) electrons. The van der Waals surface area contributed by atoms with Gasteiger partial charge in [0.1, 0.15) is 0 Å². The molecule has 0 N–H and O–H groups in total. The number of rotatable bonds is 5. The van der Waals surface area contributed by atoms with Crippen LogP contribution in [0, 0.1) is 0 Å². The van der Waals surface area contributed by atoms with Crippen LogP contribution in [0.2, 0.25) is 0 Å². The van der Waals surface area contributed by atoms with Crippen LogP contribution < -0.4 is 0 Å². The zero-order valence-corrected chi connectivity index (χ0v) is 14.3. The van der Waals surface area contributed by atoms with Crippen LogP contribution in [-0.4, -0.2) is 73.0 Å². The second-order valence-corrected chi connectivity index (χ2v) is 6.67. The number of piperazine rings is 1. The van der Waals surface area contributed by atoms with Gasteiger partial charge in [0.2, 0.25) is 0 Å². The van der Waals surface area contributed by atoms with Gasteiger partial charge in [-0.2, -0.15) is 0 Å². The summed E-state index contributed by atoms with van der Waals surface area (Å²) in [6.45, 7) is 8.32. The number of benzene rings is 1. The fourth-order valence-corrected chi connectivity index (χ4v) is 3.30. The van der Waals surface area contributed by atoms with Crippen molar-refractivity contribution in [2.45, 2.75) is 32.4 Å². The first kappa shape index (κ1) is 17.0. The highest BCUT2D eigenvalue weighted by Crippen LogP contribution is 2.18. The lowest BCUT2D eigenvalue weighted by atomic mass is 10.1. The normalized spacial score (nSPS) is 23.0. The van der Waals surface area contributed by atoms with Gasteiger partial charge < -0.3 is 9.80 Å². The first-order valence-corrected chi connectivity index (χ1v) is 8.24. The van der Waals surface area contributed by atoms with Gasteiger partial charge in [0, 0.05) is 37.3 Å². The van der Waals surface area contributed by atoms with E-state index in [9.17, 15) is 4.79 Å². The molecule has 0 bridgehead atoms. The van der Waals surface area contributed by atoms with Crippen molar-refractivity contribution >= 4 is 5.91 Å². The summed E-state index contributed by atoms with van der Waals surface area (Å²) < 4.78 is 0. The number of hydrogen-bond acceptors (Lipinski definition) is 3. The van der Waals surface area contributed by atoms with Crippen molar-refractivity contribution in [2.24, 2.45) is 0 Å². The fraction of sp³-hybridized carbons (Fsp3) is 0.611. The van der Waals surface area contributed by atoms with Crippen LogP contribution in [-0.2, 0) is 0 Å². The van der Waals surface area contributed by atoms with Gasteiger partial charge in [-0.15, -0.1) is 0 Å². The van der Waals surface area contributed by atoms with Crippen LogP contribution in [0.3, 0.4) is 0 Å². The van der Waals surface area contributed by atoms with Gasteiger partial charge in [-0.25, -0.2) is 0 Å². The molecule has 0 saturated carbocycles. The molecule has 4 heteroatoms. The molecular weight excluding hydrogens is 274 g/mol. The molecule has 1 saturated heterocycles. The van der Waals surface area contributed by atoms with Crippen molar-refractivity contribution in [2.75, 3.05) is 40.3 Å². The van der Waals surface area contributed by atoms with Gasteiger partial charge in [-0.3, -0.25) is 9.69 Å². The summed E-state index contributed by atoms with van der Waals surface area (Å²) in [7, 11) is 4.23. The van der Waals surface area contributed by atoms with Gasteiger partial charge in [0.25, 0.3) is 5.91 Å². The van der Waals surface area contributed by atoms with E-state index in [2.05, 4.69) is 37.7 Å². The van der Waals surface area contributed by atoms with Crippen LogP contribution in [0.4, 0.5) is 0 Å². The molecule has 1 amide bonds. The van der Waals surface area contributed by atoms with Crippen molar-refractivity contribution in [1.29, 1.82) is 0 Å². The molecule has 22 heavy (non-hydrogen) atoms. The Hall–Kier alpha value is -1.39. The number of nitrogens with zero attached hydrogens (tertiary/aromatic N) is 3. The Labute approximate surface area is 134 Å². The maximum Gasteiger partial charge on any atom is 0.253 e. The largest absolute Gasteiger partial charge is 0.336 e. The molecule has 1 aromatic rings. The van der Waals surface area contributed by atoms with Gasteiger partial charge in [-0.1, -0.05) is 18.2 Å². The summed E-state index contributed by atoms with van der Waals surface area (Å²) in [5.74, 6) is 0.159. The van der Waals surface area contributed by atoms with E-state index in [1.54, 1.807) is 0 Å². The van der Waals surface area contributed by atoms with Crippen LogP contribution in [0.15, 0.2) is 30.3 Å². The smallest absolute Gasteiger partial charge is 0.253 e. The molecule has 0 aromatic heterocycles. The zero-order chi connectivity index (χ0) is 16.1. The third-order valence-electron chi connectivity index (χ3n) is 4.43. The number of hydrogen-bond donors (Lipinski definition) is 0. The molecular formula is C18H29N3O. The Morgan fingerprint density at radius 1 is 1.14 bits per heavy atom. The number of amides is 1. The Balaban J connectivity index is 1.93. The maximum absolute atomic E-state index is 12.6. The van der Waals surface area contributed by atoms with Gasteiger partial charge >= 0.3 is 0 Å². The minimum absolute atomic E-state index is 0.159. The predicted octanol–water partition coefficient (Wildman–Crippen LogP) is 2.17. The summed E-state index contributed by atoms with van der Waals surface area (Å²) in [6, 6.07) is 10.4. The average Bonchev–Trinajstić information content (AvgIpc) is 2.49. The van der Waals surface area contributed by atoms with Crippen molar-refractivity contribution in [3.63, 3.8) is 0 Å². The standard InChI is InChI=1S/C18H29N3O/c1-15-13-20(18(22)17-9-6-5-7-10-17)14-16(2)21(15)12-8-11-19(3)4/h5-7,9-10,15-16H,8,11-14H2,1-4H3. The average molecular weight is 303 g/mol. The lowest BCUT2D eigenvalue weighted by Crippen LogP contribution is -2.58. The topological polar surface area (TPSA) is 26.8 Å². The van der Waals surface area contributed by atoms with Crippen molar-refractivity contribution in [3.8, 4) is 0 Å². The van der Waals surface area contributed by atoms with E-state index in [1.165, 1.54) is 6.42 Å². The van der Waals surface area contributed by atoms with Crippen molar-refractivity contribution in [1.82, 2.24) is 14.7 Å². The molecule has 0 spiro atoms. The Morgan fingerprint density at radius 3 is 2.27 bits per heavy atom. The fourth-order valence-electron chi connectivity index (χ4n) is 3.30. The minimum Gasteiger partial charge on any atom is -0.336 e. The minimum atomic E-state index is 0.159. The van der Waals surface area contributed by atoms with Crippen LogP contribution >= 0.6 is 0 Å². The highest BCUT2D eigenvalue weighted by molar-refractivity contribution is 5.94. The first-order valence-electron chi connectivity index (χ1n) is 8.24. The summed E-state index contributed by atoms with van der Waals surface area (Å²) in [6.07, 6.45) is 1.17. The molecule has 1 aliphatic rings. The quantitative estimate of drug-likeness (QED) is 0.834. The molecule has 0 aliphatic carbocycles. The Morgan fingerprint density at radius 2 is 1.73 bits per heavy atom. The molecule has 4 nitrogen and oxygen atoms in total. The molecule has 2 rings (SSSR count). The van der Waals surface area contributed by atoms with E-state index in [-0.39, 0.29) is 5.91 Å². The zero-order valence-electron chi connectivity index (χ0n) is 14.3. The van der Waals surface area contributed by atoms with Crippen molar-refractivity contribution < 1.29 is 4.79 Å². The number of carbonyl (C=O) groups is 1. The van der Waals surface area contributed by atoms with Crippen LogP contribution in [0.5, 0.6) is 0 Å². The third-order valence-corrected chi connectivity index (χ3v) is 4.43. The Kier molecular flexibility index (Phi) is 5.98. The van der Waals surface area contributed by atoms with Gasteiger partial charge in [-0.05, 0) is 53.0 Å². The van der Waals surface area contributed by atoms with E-state index in [1.807, 2.05) is 35.2 Å². The highest BCUT2D eigenvalue weighted by atomic mass is 16.2. The van der Waals surface area contributed by atoms with Crippen LogP contribution in [0.25, 0.3) is 0 Å². The lowest BCUT2D eigenvalue weighted by Gasteiger charge is -2.44.